The number of thiazole rings is 1. The van der Waals surface area contributed by atoms with Crippen molar-refractivity contribution in [2.24, 2.45) is 10.9 Å². The van der Waals surface area contributed by atoms with Crippen LogP contribution in [0.1, 0.15) is 5.69 Å². The Morgan fingerprint density at radius 3 is 2.73 bits per heavy atom. The number of nitrogens with two attached hydrogens (primary N) is 3. The molecule has 0 bridgehead atoms. The van der Waals surface area contributed by atoms with Crippen LogP contribution in [0, 0.1) is 0 Å². The minimum absolute atomic E-state index is 0.0360. The molecule has 2 aromatic rings. The normalized spacial score (nSPS) is 19.1. The van der Waals surface area contributed by atoms with Crippen molar-refractivity contribution in [3.05, 3.63) is 39.5 Å². The van der Waals surface area contributed by atoms with Gasteiger partial charge in [0.15, 0.2) is 16.0 Å². The molecule has 2 aromatic heterocycles. The Kier molecular flexibility index (Phi) is 9.80. The molecular formula is C21H22ClN9O5S4. The van der Waals surface area contributed by atoms with E-state index in [1.165, 1.54) is 35.3 Å². The Hall–Kier alpha value is -3.03. The highest BCUT2D eigenvalue weighted by molar-refractivity contribution is 8.00. The Morgan fingerprint density at radius 1 is 1.30 bits per heavy atom. The van der Waals surface area contributed by atoms with Gasteiger partial charge in [0.2, 0.25) is 0 Å². The van der Waals surface area contributed by atoms with Crippen molar-refractivity contribution in [1.82, 2.24) is 25.2 Å². The number of oxime groups is 1. The highest BCUT2D eigenvalue weighted by atomic mass is 35.5. The number of thioether (sulfide) groups is 3. The van der Waals surface area contributed by atoms with Crippen LogP contribution in [0.3, 0.4) is 0 Å². The van der Waals surface area contributed by atoms with E-state index in [0.717, 1.165) is 16.2 Å². The maximum absolute atomic E-state index is 12.9. The van der Waals surface area contributed by atoms with Gasteiger partial charge in [-0.3, -0.25) is 14.5 Å². The number of nitrogen functional groups attached to an aromatic ring is 2. The van der Waals surface area contributed by atoms with Crippen LogP contribution in [-0.4, -0.2) is 88.9 Å². The van der Waals surface area contributed by atoms with Gasteiger partial charge in [-0.15, -0.1) is 23.5 Å². The molecule has 4 rings (SSSR count). The van der Waals surface area contributed by atoms with Crippen LogP contribution in [0.15, 0.2) is 44.8 Å². The van der Waals surface area contributed by atoms with Gasteiger partial charge in [0.25, 0.3) is 11.8 Å². The maximum atomic E-state index is 12.9. The van der Waals surface area contributed by atoms with E-state index < -0.39 is 34.9 Å². The number of hydrogen-bond acceptors (Lipinski definition) is 15. The molecule has 4 heterocycles. The van der Waals surface area contributed by atoms with Crippen LogP contribution in [0.2, 0.25) is 4.34 Å². The second-order valence-corrected chi connectivity index (χ2v) is 12.8. The smallest absolute Gasteiger partial charge is 0.352 e. The van der Waals surface area contributed by atoms with E-state index in [0.29, 0.717) is 39.6 Å². The summed E-state index contributed by atoms with van der Waals surface area (Å²) in [5.41, 5.74) is 16.6. The third kappa shape index (κ3) is 6.47. The summed E-state index contributed by atoms with van der Waals surface area (Å²) in [6.07, 6.45) is 3.42. The number of rotatable bonds is 11. The number of fused-ring (bicyclic) bond motifs is 1. The number of anilines is 2. The van der Waals surface area contributed by atoms with Crippen LogP contribution in [0.4, 0.5) is 10.9 Å². The number of nitrogens with one attached hydrogen (secondary N) is 1. The standard InChI is InChI=1S/C21H22ClN9O5S4/c22-15-11(29-20(25)40-15)12(30-36)16(32)28-13-17(33)31-14(19(34)35)8(7-39-18(13)31)2-1-4-37-10-6-9(24)26-21(27-10)38-5-3-23/h1-2,6,13,18,36H,3-5,7,23H2,(H2,25,29)(H,28,32)(H,34,35)(H2,24,26,27)/b2-1+,30-12?. The molecule has 1 fully saturated rings. The molecular weight excluding hydrogens is 622 g/mol. The number of amides is 2. The first-order chi connectivity index (χ1) is 19.1. The van der Waals surface area contributed by atoms with Gasteiger partial charge in [-0.2, -0.15) is 0 Å². The first kappa shape index (κ1) is 29.9. The highest BCUT2D eigenvalue weighted by Crippen LogP contribution is 2.41. The average Bonchev–Trinajstić information content (AvgIpc) is 3.25. The Labute approximate surface area is 248 Å². The molecule has 19 heteroatoms. The first-order valence-electron chi connectivity index (χ1n) is 11.3. The third-order valence-corrected chi connectivity index (χ3v) is 9.46. The molecule has 0 radical (unpaired) electrons. The highest BCUT2D eigenvalue weighted by Gasteiger charge is 2.54. The predicted molar refractivity (Wildman–Crippen MR) is 156 cm³/mol. The Morgan fingerprint density at radius 2 is 2.08 bits per heavy atom. The zero-order chi connectivity index (χ0) is 29.0. The monoisotopic (exact) mass is 643 g/mol. The van der Waals surface area contributed by atoms with Crippen molar-refractivity contribution in [2.45, 2.75) is 21.6 Å². The fourth-order valence-electron chi connectivity index (χ4n) is 3.68. The average molecular weight is 644 g/mol. The summed E-state index contributed by atoms with van der Waals surface area (Å²) in [5, 5.41) is 25.2. The number of carbonyl (C=O) groups is 3. The number of carbonyl (C=O) groups excluding carboxylic acids is 2. The lowest BCUT2D eigenvalue weighted by molar-refractivity contribution is -0.150. The summed E-state index contributed by atoms with van der Waals surface area (Å²) in [4.78, 5) is 51.4. The molecule has 2 aliphatic heterocycles. The summed E-state index contributed by atoms with van der Waals surface area (Å²) < 4.78 is 0.0360. The number of aromatic nitrogens is 3. The Bertz CT molecular complexity index is 1430. The van der Waals surface area contributed by atoms with E-state index in [-0.39, 0.29) is 26.6 Å². The van der Waals surface area contributed by atoms with Gasteiger partial charge in [0.1, 0.15) is 38.0 Å². The van der Waals surface area contributed by atoms with Crippen LogP contribution in [-0.2, 0) is 14.4 Å². The second-order valence-electron chi connectivity index (χ2n) is 7.93. The molecule has 40 heavy (non-hydrogen) atoms. The molecule has 1 saturated heterocycles. The zero-order valence-corrected chi connectivity index (χ0v) is 24.3. The van der Waals surface area contributed by atoms with Crippen LogP contribution < -0.4 is 22.5 Å². The molecule has 0 spiro atoms. The maximum Gasteiger partial charge on any atom is 0.352 e. The summed E-state index contributed by atoms with van der Waals surface area (Å²) in [5.74, 6) is -1.08. The molecule has 0 saturated carbocycles. The van der Waals surface area contributed by atoms with Gasteiger partial charge in [0, 0.05) is 29.9 Å². The van der Waals surface area contributed by atoms with Crippen molar-refractivity contribution in [3.63, 3.8) is 0 Å². The molecule has 2 amide bonds. The SMILES string of the molecule is NCCSc1nc(N)cc(SC/C=C/C2=C(C(=O)O)N3C(=O)C(NC(=O)C(=NO)c4nc(N)sc4Cl)C3SC2)n1. The first-order valence-corrected chi connectivity index (χ1v) is 15.5. The van der Waals surface area contributed by atoms with Gasteiger partial charge in [-0.25, -0.2) is 19.7 Å². The van der Waals surface area contributed by atoms with Gasteiger partial charge in [-0.05, 0) is 5.57 Å². The summed E-state index contributed by atoms with van der Waals surface area (Å²) >= 11 is 11.0. The van der Waals surface area contributed by atoms with Crippen molar-refractivity contribution < 1.29 is 24.7 Å². The topological polar surface area (TPSA) is 236 Å². The molecule has 14 nitrogen and oxygen atoms in total. The summed E-state index contributed by atoms with van der Waals surface area (Å²) in [6, 6.07) is 0.597. The number of halogens is 1. The van der Waals surface area contributed by atoms with E-state index in [9.17, 15) is 24.7 Å². The lowest BCUT2D eigenvalue weighted by Crippen LogP contribution is -2.71. The fraction of sp³-hybridized carbons (Fsp3) is 0.286. The van der Waals surface area contributed by atoms with Crippen molar-refractivity contribution in [2.75, 3.05) is 35.3 Å². The lowest BCUT2D eigenvalue weighted by Gasteiger charge is -2.49. The summed E-state index contributed by atoms with van der Waals surface area (Å²) in [7, 11) is 0. The van der Waals surface area contributed by atoms with Gasteiger partial charge >= 0.3 is 5.97 Å². The van der Waals surface area contributed by atoms with Crippen molar-refractivity contribution >= 4 is 92.7 Å². The van der Waals surface area contributed by atoms with E-state index in [1.54, 1.807) is 18.2 Å². The lowest BCUT2D eigenvalue weighted by atomic mass is 10.0. The molecule has 212 valence electrons. The Balaban J connectivity index is 1.42. The predicted octanol–water partition coefficient (Wildman–Crippen LogP) is 1.07. The number of carboxylic acid groups (broad SMARTS) is 1. The minimum atomic E-state index is -1.27. The molecule has 0 aliphatic carbocycles. The van der Waals surface area contributed by atoms with Crippen molar-refractivity contribution in [1.29, 1.82) is 0 Å². The number of hydrogen-bond donors (Lipinski definition) is 6. The second kappa shape index (κ2) is 13.1. The number of carboxylic acids is 1. The quantitative estimate of drug-likeness (QED) is 0.0382. The largest absolute Gasteiger partial charge is 0.477 e. The molecule has 2 aliphatic rings. The fourth-order valence-corrected chi connectivity index (χ4v) is 7.33. The van der Waals surface area contributed by atoms with Crippen LogP contribution >= 0.6 is 58.2 Å². The van der Waals surface area contributed by atoms with Crippen molar-refractivity contribution in [3.8, 4) is 0 Å². The van der Waals surface area contributed by atoms with Gasteiger partial charge in [0.05, 0.1) is 0 Å². The van der Waals surface area contributed by atoms with Gasteiger partial charge < -0.3 is 32.8 Å². The molecule has 2 atom stereocenters. The van der Waals surface area contributed by atoms with E-state index >= 15 is 0 Å². The van der Waals surface area contributed by atoms with E-state index in [4.69, 9.17) is 28.8 Å². The van der Waals surface area contributed by atoms with E-state index in [1.807, 2.05) is 0 Å². The summed E-state index contributed by atoms with van der Waals surface area (Å²) in [6.45, 7) is 0.482. The van der Waals surface area contributed by atoms with E-state index in [2.05, 4.69) is 25.4 Å². The van der Waals surface area contributed by atoms with Crippen LogP contribution in [0.5, 0.6) is 0 Å². The number of nitrogens with zero attached hydrogens (tertiary/aromatic N) is 5. The third-order valence-electron chi connectivity index (χ3n) is 5.33. The van der Waals surface area contributed by atoms with Gasteiger partial charge in [-0.1, -0.05) is 52.0 Å². The number of aliphatic carboxylic acids is 1. The molecule has 2 unspecified atom stereocenters. The number of β-lactam (4-membered cyclic amide) rings is 1. The number of allylic oxidation sites excluding steroid dienone is 1. The zero-order valence-electron chi connectivity index (χ0n) is 20.3. The molecule has 9 N–H and O–H groups in total. The minimum Gasteiger partial charge on any atom is -0.477 e. The molecule has 0 aromatic carbocycles. The van der Waals surface area contributed by atoms with Crippen LogP contribution in [0.25, 0.3) is 0 Å².